The van der Waals surface area contributed by atoms with E-state index in [0.29, 0.717) is 6.54 Å². The van der Waals surface area contributed by atoms with Crippen LogP contribution in [0.15, 0.2) is 28.7 Å². The van der Waals surface area contributed by atoms with E-state index in [1.807, 2.05) is 31.2 Å². The van der Waals surface area contributed by atoms with Gasteiger partial charge < -0.3 is 15.2 Å². The Morgan fingerprint density at radius 2 is 2.33 bits per heavy atom. The molecular weight excluding hydrogens is 294 g/mol. The van der Waals surface area contributed by atoms with Crippen LogP contribution in [0.4, 0.5) is 0 Å². The summed E-state index contributed by atoms with van der Waals surface area (Å²) >= 11 is 3.36. The Morgan fingerprint density at radius 1 is 1.56 bits per heavy atom. The second-order valence-corrected chi connectivity index (χ2v) is 4.87. The van der Waals surface area contributed by atoms with Crippen LogP contribution >= 0.6 is 15.9 Å². The van der Waals surface area contributed by atoms with Gasteiger partial charge in [0.2, 0.25) is 0 Å². The summed E-state index contributed by atoms with van der Waals surface area (Å²) in [6, 6.07) is 7.52. The molecule has 0 amide bonds. The van der Waals surface area contributed by atoms with Crippen LogP contribution in [-0.4, -0.2) is 30.4 Å². The predicted octanol–water partition coefficient (Wildman–Crippen LogP) is 2.19. The van der Waals surface area contributed by atoms with Crippen LogP contribution in [0.5, 0.6) is 5.75 Å². The Balaban J connectivity index is 2.29. The number of ether oxygens (including phenoxy) is 1. The number of terminal acetylenes is 1. The smallest absolute Gasteiger partial charge is 0.120 e. The van der Waals surface area contributed by atoms with Gasteiger partial charge in [0, 0.05) is 11.0 Å². The SMILES string of the molecule is C#CC(CC)NCC(O)COc1cccc(Br)c1. The number of aliphatic hydroxyl groups is 1. The first-order valence-electron chi connectivity index (χ1n) is 5.91. The molecule has 0 saturated heterocycles. The van der Waals surface area contributed by atoms with Crippen molar-refractivity contribution in [2.24, 2.45) is 0 Å². The van der Waals surface area contributed by atoms with Crippen molar-refractivity contribution < 1.29 is 9.84 Å². The summed E-state index contributed by atoms with van der Waals surface area (Å²) in [7, 11) is 0. The largest absolute Gasteiger partial charge is 0.491 e. The molecule has 0 spiro atoms. The van der Waals surface area contributed by atoms with Crippen LogP contribution in [0, 0.1) is 12.3 Å². The molecule has 0 saturated carbocycles. The molecule has 4 heteroatoms. The average Bonchev–Trinajstić information content (AvgIpc) is 2.37. The van der Waals surface area contributed by atoms with E-state index < -0.39 is 6.10 Å². The molecule has 2 unspecified atom stereocenters. The van der Waals surface area contributed by atoms with E-state index in [9.17, 15) is 5.11 Å². The minimum atomic E-state index is -0.577. The normalized spacial score (nSPS) is 13.7. The molecule has 98 valence electrons. The predicted molar refractivity (Wildman–Crippen MR) is 76.6 cm³/mol. The maximum atomic E-state index is 9.75. The Bertz CT molecular complexity index is 403. The molecule has 0 bridgehead atoms. The van der Waals surface area contributed by atoms with Crippen molar-refractivity contribution in [2.45, 2.75) is 25.5 Å². The van der Waals surface area contributed by atoms with Gasteiger partial charge in [-0.05, 0) is 24.6 Å². The average molecular weight is 312 g/mol. The maximum absolute atomic E-state index is 9.75. The molecule has 0 aliphatic carbocycles. The van der Waals surface area contributed by atoms with Crippen LogP contribution < -0.4 is 10.1 Å². The van der Waals surface area contributed by atoms with E-state index in [0.717, 1.165) is 16.6 Å². The molecule has 0 aliphatic rings. The molecule has 0 aromatic heterocycles. The van der Waals surface area contributed by atoms with Crippen LogP contribution in [0.3, 0.4) is 0 Å². The third kappa shape index (κ3) is 5.54. The quantitative estimate of drug-likeness (QED) is 0.759. The number of rotatable bonds is 7. The third-order valence-corrected chi connectivity index (χ3v) is 2.94. The minimum Gasteiger partial charge on any atom is -0.491 e. The van der Waals surface area contributed by atoms with Gasteiger partial charge >= 0.3 is 0 Å². The Labute approximate surface area is 117 Å². The minimum absolute atomic E-state index is 0.00511. The van der Waals surface area contributed by atoms with Gasteiger partial charge in [-0.15, -0.1) is 6.42 Å². The van der Waals surface area contributed by atoms with E-state index in [2.05, 4.69) is 27.2 Å². The lowest BCUT2D eigenvalue weighted by Gasteiger charge is -2.16. The number of halogens is 1. The lowest BCUT2D eigenvalue weighted by Crippen LogP contribution is -2.37. The molecule has 1 aromatic carbocycles. The second-order valence-electron chi connectivity index (χ2n) is 3.96. The summed E-state index contributed by atoms with van der Waals surface area (Å²) in [6.07, 6.45) is 5.59. The van der Waals surface area contributed by atoms with Crippen LogP contribution in [-0.2, 0) is 0 Å². The fraction of sp³-hybridized carbons (Fsp3) is 0.429. The first kappa shape index (κ1) is 15.0. The summed E-state index contributed by atoms with van der Waals surface area (Å²) in [5, 5.41) is 12.8. The molecule has 3 nitrogen and oxygen atoms in total. The van der Waals surface area contributed by atoms with Crippen molar-refractivity contribution in [3.05, 3.63) is 28.7 Å². The molecular formula is C14H18BrNO2. The van der Waals surface area contributed by atoms with Gasteiger partial charge in [0.1, 0.15) is 18.5 Å². The van der Waals surface area contributed by atoms with Crippen molar-refractivity contribution in [3.8, 4) is 18.1 Å². The number of hydrogen-bond acceptors (Lipinski definition) is 3. The van der Waals surface area contributed by atoms with E-state index >= 15 is 0 Å². The molecule has 2 N–H and O–H groups in total. The lowest BCUT2D eigenvalue weighted by atomic mass is 10.2. The Morgan fingerprint density at radius 3 is 2.94 bits per heavy atom. The van der Waals surface area contributed by atoms with Crippen LogP contribution in [0.25, 0.3) is 0 Å². The monoisotopic (exact) mass is 311 g/mol. The van der Waals surface area contributed by atoms with E-state index in [4.69, 9.17) is 11.2 Å². The van der Waals surface area contributed by atoms with Gasteiger partial charge in [0.25, 0.3) is 0 Å². The maximum Gasteiger partial charge on any atom is 0.120 e. The summed E-state index contributed by atoms with van der Waals surface area (Å²) in [4.78, 5) is 0. The summed E-state index contributed by atoms with van der Waals surface area (Å²) in [6.45, 7) is 2.67. The van der Waals surface area contributed by atoms with Crippen LogP contribution in [0.1, 0.15) is 13.3 Å². The van der Waals surface area contributed by atoms with Crippen LogP contribution in [0.2, 0.25) is 0 Å². The highest BCUT2D eigenvalue weighted by atomic mass is 79.9. The van der Waals surface area contributed by atoms with Gasteiger partial charge in [-0.2, -0.15) is 0 Å². The Hall–Kier alpha value is -1.02. The fourth-order valence-electron chi connectivity index (χ4n) is 1.41. The lowest BCUT2D eigenvalue weighted by molar-refractivity contribution is 0.105. The molecule has 0 fully saturated rings. The number of benzene rings is 1. The zero-order valence-electron chi connectivity index (χ0n) is 10.4. The highest BCUT2D eigenvalue weighted by molar-refractivity contribution is 9.10. The van der Waals surface area contributed by atoms with Crippen molar-refractivity contribution >= 4 is 15.9 Å². The van der Waals surface area contributed by atoms with Gasteiger partial charge in [-0.25, -0.2) is 0 Å². The first-order chi connectivity index (χ1) is 8.65. The molecule has 0 aliphatic heterocycles. The molecule has 18 heavy (non-hydrogen) atoms. The van der Waals surface area contributed by atoms with Gasteiger partial charge in [-0.1, -0.05) is 34.8 Å². The summed E-state index contributed by atoms with van der Waals surface area (Å²) in [5.74, 6) is 3.35. The van der Waals surface area contributed by atoms with Gasteiger partial charge in [0.05, 0.1) is 6.04 Å². The molecule has 1 rings (SSSR count). The highest BCUT2D eigenvalue weighted by Gasteiger charge is 2.08. The zero-order valence-corrected chi connectivity index (χ0v) is 12.0. The third-order valence-electron chi connectivity index (χ3n) is 2.45. The van der Waals surface area contributed by atoms with Gasteiger partial charge in [-0.3, -0.25) is 0 Å². The number of hydrogen-bond donors (Lipinski definition) is 2. The van der Waals surface area contributed by atoms with Gasteiger partial charge in [0.15, 0.2) is 0 Å². The van der Waals surface area contributed by atoms with E-state index in [1.165, 1.54) is 0 Å². The highest BCUT2D eigenvalue weighted by Crippen LogP contribution is 2.17. The first-order valence-corrected chi connectivity index (χ1v) is 6.71. The summed E-state index contributed by atoms with van der Waals surface area (Å²) < 4.78 is 6.43. The Kier molecular flexibility index (Phi) is 6.81. The zero-order chi connectivity index (χ0) is 13.4. The van der Waals surface area contributed by atoms with Crippen molar-refractivity contribution in [1.29, 1.82) is 0 Å². The standard InChI is InChI=1S/C14H18BrNO2/c1-3-12(4-2)16-9-13(17)10-18-14-7-5-6-11(15)8-14/h1,5-8,12-13,16-17H,4,9-10H2,2H3. The fourth-order valence-corrected chi connectivity index (χ4v) is 1.79. The van der Waals surface area contributed by atoms with E-state index in [-0.39, 0.29) is 12.6 Å². The molecule has 1 aromatic rings. The number of aliphatic hydroxyl groups excluding tert-OH is 1. The number of nitrogens with one attached hydrogen (secondary N) is 1. The van der Waals surface area contributed by atoms with E-state index in [1.54, 1.807) is 0 Å². The van der Waals surface area contributed by atoms with Crippen molar-refractivity contribution in [2.75, 3.05) is 13.2 Å². The van der Waals surface area contributed by atoms with Crippen molar-refractivity contribution in [1.82, 2.24) is 5.32 Å². The molecule has 0 radical (unpaired) electrons. The second kappa shape index (κ2) is 8.15. The topological polar surface area (TPSA) is 41.5 Å². The molecule has 2 atom stereocenters. The van der Waals surface area contributed by atoms with Crippen molar-refractivity contribution in [3.63, 3.8) is 0 Å². The molecule has 0 heterocycles. The summed E-state index contributed by atoms with van der Waals surface area (Å²) in [5.41, 5.74) is 0.